The Morgan fingerprint density at radius 2 is 1.83 bits per heavy atom. The van der Waals surface area contributed by atoms with E-state index in [9.17, 15) is 4.79 Å². The van der Waals surface area contributed by atoms with Crippen LogP contribution in [0.1, 0.15) is 21.6 Å². The molecule has 1 aromatic heterocycles. The third-order valence-electron chi connectivity index (χ3n) is 4.29. The molecule has 2 aromatic carbocycles. The Bertz CT molecular complexity index is 925. The number of aryl methyl sites for hydroxylation is 1. The Morgan fingerprint density at radius 3 is 2.52 bits per heavy atom. The lowest BCUT2D eigenvalue weighted by Crippen LogP contribution is -2.23. The van der Waals surface area contributed by atoms with Crippen molar-refractivity contribution in [2.75, 3.05) is 25.6 Å². The molecule has 0 aliphatic heterocycles. The lowest BCUT2D eigenvalue weighted by atomic mass is 10.1. The van der Waals surface area contributed by atoms with Gasteiger partial charge in [-0.25, -0.2) is 4.98 Å². The van der Waals surface area contributed by atoms with E-state index in [2.05, 4.69) is 21.7 Å². The highest BCUT2D eigenvalue weighted by atomic mass is 16.5. The number of anilines is 1. The monoisotopic (exact) mass is 391 g/mol. The predicted molar refractivity (Wildman–Crippen MR) is 114 cm³/mol. The molecule has 0 saturated heterocycles. The minimum absolute atomic E-state index is 0.194. The molecule has 0 unspecified atom stereocenters. The van der Waals surface area contributed by atoms with Crippen molar-refractivity contribution in [1.82, 2.24) is 10.3 Å². The van der Waals surface area contributed by atoms with Gasteiger partial charge in [0.15, 0.2) is 0 Å². The fourth-order valence-electron chi connectivity index (χ4n) is 2.76. The molecule has 29 heavy (non-hydrogen) atoms. The third-order valence-corrected chi connectivity index (χ3v) is 4.29. The van der Waals surface area contributed by atoms with Crippen molar-refractivity contribution >= 4 is 11.6 Å². The van der Waals surface area contributed by atoms with E-state index in [0.29, 0.717) is 25.4 Å². The van der Waals surface area contributed by atoms with E-state index in [-0.39, 0.29) is 5.91 Å². The molecule has 1 heterocycles. The summed E-state index contributed by atoms with van der Waals surface area (Å²) >= 11 is 0. The summed E-state index contributed by atoms with van der Waals surface area (Å²) in [4.78, 5) is 16.5. The number of carbonyl (C=O) groups is 1. The first-order valence-corrected chi connectivity index (χ1v) is 9.44. The molecule has 0 aliphatic carbocycles. The number of hydrogen-bond donors (Lipinski definition) is 2. The van der Waals surface area contributed by atoms with Gasteiger partial charge in [0.05, 0.1) is 19.0 Å². The second kappa shape index (κ2) is 10.1. The first-order valence-electron chi connectivity index (χ1n) is 9.44. The molecule has 3 aromatic rings. The molecule has 2 N–H and O–H groups in total. The van der Waals surface area contributed by atoms with Gasteiger partial charge in [-0.15, -0.1) is 0 Å². The van der Waals surface area contributed by atoms with Crippen LogP contribution in [0.2, 0.25) is 0 Å². The van der Waals surface area contributed by atoms with Crippen LogP contribution in [0.4, 0.5) is 5.69 Å². The molecular weight excluding hydrogens is 366 g/mol. The van der Waals surface area contributed by atoms with E-state index in [1.807, 2.05) is 55.5 Å². The van der Waals surface area contributed by atoms with Gasteiger partial charge in [-0.2, -0.15) is 0 Å². The first kappa shape index (κ1) is 20.2. The largest absolute Gasteiger partial charge is 0.497 e. The van der Waals surface area contributed by atoms with Crippen LogP contribution >= 0.6 is 0 Å². The van der Waals surface area contributed by atoms with Crippen molar-refractivity contribution in [2.24, 2.45) is 0 Å². The van der Waals surface area contributed by atoms with Gasteiger partial charge in [0.2, 0.25) is 0 Å². The van der Waals surface area contributed by atoms with Crippen molar-refractivity contribution in [3.63, 3.8) is 0 Å². The maximum absolute atomic E-state index is 12.3. The number of nitrogens with zero attached hydrogens (tertiary/aromatic N) is 1. The molecule has 0 spiro atoms. The van der Waals surface area contributed by atoms with Gasteiger partial charge < -0.3 is 20.1 Å². The van der Waals surface area contributed by atoms with Gasteiger partial charge in [0.1, 0.15) is 23.8 Å². The molecule has 6 heteroatoms. The number of pyridine rings is 1. The second-order valence-electron chi connectivity index (χ2n) is 6.55. The quantitative estimate of drug-likeness (QED) is 0.543. The number of hydrogen-bond acceptors (Lipinski definition) is 5. The Morgan fingerprint density at radius 1 is 1.03 bits per heavy atom. The lowest BCUT2D eigenvalue weighted by molar-refractivity contribution is 0.0946. The molecule has 6 nitrogen and oxygen atoms in total. The van der Waals surface area contributed by atoms with E-state index >= 15 is 0 Å². The Kier molecular flexibility index (Phi) is 7.05. The van der Waals surface area contributed by atoms with Crippen molar-refractivity contribution in [2.45, 2.75) is 13.5 Å². The number of carbonyl (C=O) groups excluding carboxylic acids is 1. The molecule has 0 fully saturated rings. The van der Waals surface area contributed by atoms with Crippen LogP contribution in [0, 0.1) is 6.92 Å². The molecular formula is C23H25N3O3. The van der Waals surface area contributed by atoms with E-state index in [4.69, 9.17) is 9.47 Å². The van der Waals surface area contributed by atoms with Gasteiger partial charge in [-0.05, 0) is 48.9 Å². The van der Waals surface area contributed by atoms with Crippen molar-refractivity contribution in [1.29, 1.82) is 0 Å². The van der Waals surface area contributed by atoms with Gasteiger partial charge in [-0.3, -0.25) is 4.79 Å². The van der Waals surface area contributed by atoms with Crippen LogP contribution in [0.5, 0.6) is 11.5 Å². The van der Waals surface area contributed by atoms with Crippen LogP contribution < -0.4 is 20.1 Å². The lowest BCUT2D eigenvalue weighted by Gasteiger charge is -2.10. The van der Waals surface area contributed by atoms with Crippen molar-refractivity contribution < 1.29 is 14.3 Å². The van der Waals surface area contributed by atoms with E-state index in [1.54, 1.807) is 19.4 Å². The topological polar surface area (TPSA) is 72.5 Å². The SMILES string of the molecule is COc1ccc(OCCNc2ccc(C(=O)NCc3cccc(C)c3)nc2)cc1. The summed E-state index contributed by atoms with van der Waals surface area (Å²) in [7, 11) is 1.63. The van der Waals surface area contributed by atoms with Gasteiger partial charge >= 0.3 is 0 Å². The summed E-state index contributed by atoms with van der Waals surface area (Å²) in [5, 5.41) is 6.11. The highest BCUT2D eigenvalue weighted by Crippen LogP contribution is 2.16. The Labute approximate surface area is 170 Å². The Hall–Kier alpha value is -3.54. The second-order valence-corrected chi connectivity index (χ2v) is 6.55. The smallest absolute Gasteiger partial charge is 0.270 e. The number of nitrogens with one attached hydrogen (secondary N) is 2. The van der Waals surface area contributed by atoms with Crippen LogP contribution in [0.25, 0.3) is 0 Å². The zero-order valence-electron chi connectivity index (χ0n) is 16.6. The summed E-state index contributed by atoms with van der Waals surface area (Å²) in [6.07, 6.45) is 1.65. The van der Waals surface area contributed by atoms with Gasteiger partial charge in [0.25, 0.3) is 5.91 Å². The minimum Gasteiger partial charge on any atom is -0.497 e. The average Bonchev–Trinajstić information content (AvgIpc) is 2.76. The predicted octanol–water partition coefficient (Wildman–Crippen LogP) is 3.82. The molecule has 0 atom stereocenters. The van der Waals surface area contributed by atoms with Crippen molar-refractivity contribution in [3.8, 4) is 11.5 Å². The standard InChI is InChI=1S/C23H25N3O3/c1-17-4-3-5-18(14-17)15-26-23(27)22-11-6-19(16-25-22)24-12-13-29-21-9-7-20(28-2)8-10-21/h3-11,14,16,24H,12-13,15H2,1-2H3,(H,26,27). The number of ether oxygens (including phenoxy) is 2. The first-order chi connectivity index (χ1) is 14.1. The normalized spacial score (nSPS) is 10.3. The fourth-order valence-corrected chi connectivity index (χ4v) is 2.76. The summed E-state index contributed by atoms with van der Waals surface area (Å²) in [5.41, 5.74) is 3.45. The summed E-state index contributed by atoms with van der Waals surface area (Å²) in [5.74, 6) is 1.39. The minimum atomic E-state index is -0.194. The average molecular weight is 391 g/mol. The van der Waals surface area contributed by atoms with Gasteiger partial charge in [-0.1, -0.05) is 29.8 Å². The number of methoxy groups -OCH3 is 1. The maximum Gasteiger partial charge on any atom is 0.270 e. The maximum atomic E-state index is 12.3. The molecule has 0 saturated carbocycles. The molecule has 1 amide bonds. The van der Waals surface area contributed by atoms with E-state index < -0.39 is 0 Å². The van der Waals surface area contributed by atoms with E-state index in [0.717, 1.165) is 22.7 Å². The number of rotatable bonds is 9. The summed E-state index contributed by atoms with van der Waals surface area (Å²) in [6.45, 7) is 3.63. The summed E-state index contributed by atoms with van der Waals surface area (Å²) < 4.78 is 10.8. The number of aromatic nitrogens is 1. The molecule has 3 rings (SSSR count). The molecule has 0 bridgehead atoms. The van der Waals surface area contributed by atoms with Crippen LogP contribution in [0.3, 0.4) is 0 Å². The van der Waals surface area contributed by atoms with Crippen molar-refractivity contribution in [3.05, 3.63) is 83.7 Å². The zero-order valence-corrected chi connectivity index (χ0v) is 16.6. The highest BCUT2D eigenvalue weighted by Gasteiger charge is 2.07. The van der Waals surface area contributed by atoms with E-state index in [1.165, 1.54) is 5.56 Å². The Balaban J connectivity index is 1.41. The van der Waals surface area contributed by atoms with Gasteiger partial charge in [0, 0.05) is 13.1 Å². The number of amides is 1. The van der Waals surface area contributed by atoms with Crippen LogP contribution in [0.15, 0.2) is 66.9 Å². The zero-order chi connectivity index (χ0) is 20.5. The number of benzene rings is 2. The summed E-state index contributed by atoms with van der Waals surface area (Å²) in [6, 6.07) is 19.0. The molecule has 150 valence electrons. The van der Waals surface area contributed by atoms with Crippen LogP contribution in [-0.2, 0) is 6.54 Å². The van der Waals surface area contributed by atoms with Crippen LogP contribution in [-0.4, -0.2) is 31.2 Å². The highest BCUT2D eigenvalue weighted by molar-refractivity contribution is 5.92. The fraction of sp³-hybridized carbons (Fsp3) is 0.217. The molecule has 0 aliphatic rings. The molecule has 0 radical (unpaired) electrons. The third kappa shape index (κ3) is 6.24.